The van der Waals surface area contributed by atoms with Gasteiger partial charge in [0.15, 0.2) is 0 Å². The second-order valence-electron chi connectivity index (χ2n) is 2.28. The maximum absolute atomic E-state index is 10.6. The maximum atomic E-state index is 10.6. The highest BCUT2D eigenvalue weighted by Crippen LogP contribution is 2.00. The summed E-state index contributed by atoms with van der Waals surface area (Å²) in [6.45, 7) is 5.40. The van der Waals surface area contributed by atoms with E-state index in [1.165, 1.54) is 6.08 Å². The molecular weight excluding hydrogens is 152 g/mol. The van der Waals surface area contributed by atoms with Crippen molar-refractivity contribution in [2.75, 3.05) is 0 Å². The van der Waals surface area contributed by atoms with Crippen molar-refractivity contribution in [2.24, 2.45) is 11.5 Å². The molecule has 0 aromatic rings. The number of allylic oxidation sites excluding steroid dienone is 3. The van der Waals surface area contributed by atoms with Gasteiger partial charge < -0.3 is 11.5 Å². The largest absolute Gasteiger partial charge is 0.368 e. The van der Waals surface area contributed by atoms with Crippen LogP contribution in [0.5, 0.6) is 0 Å². The van der Waals surface area contributed by atoms with Crippen molar-refractivity contribution in [2.45, 2.75) is 13.0 Å². The molecule has 0 aliphatic carbocycles. The summed E-state index contributed by atoms with van der Waals surface area (Å²) in [5, 5.41) is 0. The first-order valence-electron chi connectivity index (χ1n) is 3.63. The Morgan fingerprint density at radius 2 is 2.17 bits per heavy atom. The van der Waals surface area contributed by atoms with E-state index in [2.05, 4.69) is 6.58 Å². The number of carbonyl (C=O) groups is 1. The lowest BCUT2D eigenvalue weighted by molar-refractivity contribution is -0.118. The van der Waals surface area contributed by atoms with E-state index in [0.717, 1.165) is 0 Å². The van der Waals surface area contributed by atoms with Gasteiger partial charge in [0.2, 0.25) is 5.91 Å². The van der Waals surface area contributed by atoms with Crippen LogP contribution in [0.3, 0.4) is 0 Å². The zero-order valence-electron chi connectivity index (χ0n) is 7.16. The minimum Gasteiger partial charge on any atom is -0.368 e. The molecule has 0 saturated heterocycles. The van der Waals surface area contributed by atoms with Crippen LogP contribution in [0.2, 0.25) is 0 Å². The van der Waals surface area contributed by atoms with Crippen LogP contribution in [-0.4, -0.2) is 11.9 Å². The summed E-state index contributed by atoms with van der Waals surface area (Å²) >= 11 is 0. The van der Waals surface area contributed by atoms with Gasteiger partial charge in [-0.05, 0) is 12.5 Å². The van der Waals surface area contributed by atoms with Gasteiger partial charge in [-0.15, -0.1) is 0 Å². The van der Waals surface area contributed by atoms with Gasteiger partial charge in [-0.2, -0.15) is 0 Å². The molecule has 4 N–H and O–H groups in total. The van der Waals surface area contributed by atoms with E-state index in [1.54, 1.807) is 12.2 Å². The van der Waals surface area contributed by atoms with Gasteiger partial charge in [-0.1, -0.05) is 30.9 Å². The second-order valence-corrected chi connectivity index (χ2v) is 2.28. The summed E-state index contributed by atoms with van der Waals surface area (Å²) in [5.41, 5.74) is 11.1. The Morgan fingerprint density at radius 1 is 1.58 bits per heavy atom. The smallest absolute Gasteiger partial charge is 0.238 e. The summed E-state index contributed by atoms with van der Waals surface area (Å²) in [7, 11) is 0. The first-order chi connectivity index (χ1) is 5.63. The van der Waals surface area contributed by atoms with Crippen LogP contribution in [0.25, 0.3) is 0 Å². The van der Waals surface area contributed by atoms with Crippen LogP contribution < -0.4 is 11.5 Å². The Balaban J connectivity index is 4.54. The van der Waals surface area contributed by atoms with E-state index in [4.69, 9.17) is 11.5 Å². The molecule has 3 heteroatoms. The maximum Gasteiger partial charge on any atom is 0.238 e. The summed E-state index contributed by atoms with van der Waals surface area (Å²) in [6.07, 6.45) is 6.84. The molecule has 0 aliphatic heterocycles. The summed E-state index contributed by atoms with van der Waals surface area (Å²) in [5.74, 6) is -0.550. The number of hydrogen-bond donors (Lipinski definition) is 2. The minimum absolute atomic E-state index is 0.550. The Bertz CT molecular complexity index is 229. The van der Waals surface area contributed by atoms with Gasteiger partial charge in [0.05, 0.1) is 0 Å². The van der Waals surface area contributed by atoms with E-state index in [0.29, 0.717) is 5.57 Å². The van der Waals surface area contributed by atoms with Gasteiger partial charge in [0, 0.05) is 0 Å². The SMILES string of the molecule is C=C/C(=C\C=C/C)C(N)C(N)=O. The Hall–Kier alpha value is -1.35. The summed E-state index contributed by atoms with van der Waals surface area (Å²) in [4.78, 5) is 10.6. The topological polar surface area (TPSA) is 69.1 Å². The van der Waals surface area contributed by atoms with E-state index >= 15 is 0 Å². The van der Waals surface area contributed by atoms with Crippen molar-refractivity contribution >= 4 is 5.91 Å². The molecule has 0 saturated carbocycles. The highest BCUT2D eigenvalue weighted by atomic mass is 16.1. The molecule has 0 aromatic carbocycles. The molecule has 0 rings (SSSR count). The average Bonchev–Trinajstić information content (AvgIpc) is 2.05. The molecule has 1 amide bonds. The molecule has 0 aliphatic rings. The zero-order valence-corrected chi connectivity index (χ0v) is 7.16. The van der Waals surface area contributed by atoms with Gasteiger partial charge >= 0.3 is 0 Å². The Labute approximate surface area is 72.4 Å². The normalized spacial score (nSPS) is 14.7. The number of primary amides is 1. The lowest BCUT2D eigenvalue weighted by atomic mass is 10.1. The van der Waals surface area contributed by atoms with Crippen molar-refractivity contribution in [3.63, 3.8) is 0 Å². The van der Waals surface area contributed by atoms with Gasteiger partial charge in [-0.3, -0.25) is 4.79 Å². The predicted molar refractivity (Wildman–Crippen MR) is 50.3 cm³/mol. The monoisotopic (exact) mass is 166 g/mol. The van der Waals surface area contributed by atoms with E-state index in [-0.39, 0.29) is 0 Å². The second kappa shape index (κ2) is 5.32. The summed E-state index contributed by atoms with van der Waals surface area (Å²) < 4.78 is 0. The van der Waals surface area contributed by atoms with E-state index in [1.807, 2.05) is 13.0 Å². The molecule has 3 nitrogen and oxygen atoms in total. The van der Waals surface area contributed by atoms with Crippen LogP contribution >= 0.6 is 0 Å². The number of carbonyl (C=O) groups excluding carboxylic acids is 1. The number of nitrogens with two attached hydrogens (primary N) is 2. The first kappa shape index (κ1) is 10.7. The average molecular weight is 166 g/mol. The summed E-state index contributed by atoms with van der Waals surface area (Å²) in [6, 6.07) is -0.765. The standard InChI is InChI=1S/C9H14N2O/c1-3-5-6-7(4-2)8(10)9(11)12/h3-6,8H,2,10H2,1H3,(H2,11,12)/b5-3-,7-6+. The molecular formula is C9H14N2O. The lowest BCUT2D eigenvalue weighted by Gasteiger charge is -2.06. The Kier molecular flexibility index (Phi) is 4.72. The van der Waals surface area contributed by atoms with Crippen molar-refractivity contribution in [3.8, 4) is 0 Å². The third-order valence-corrected chi connectivity index (χ3v) is 1.38. The van der Waals surface area contributed by atoms with Gasteiger partial charge in [-0.25, -0.2) is 0 Å². The first-order valence-corrected chi connectivity index (χ1v) is 3.63. The fourth-order valence-corrected chi connectivity index (χ4v) is 0.670. The zero-order chi connectivity index (χ0) is 9.56. The van der Waals surface area contributed by atoms with Crippen LogP contribution in [0, 0.1) is 0 Å². The molecule has 1 unspecified atom stereocenters. The molecule has 66 valence electrons. The fraction of sp³-hybridized carbons (Fsp3) is 0.222. The molecule has 0 bridgehead atoms. The van der Waals surface area contributed by atoms with Crippen molar-refractivity contribution in [1.82, 2.24) is 0 Å². The molecule has 0 heterocycles. The third-order valence-electron chi connectivity index (χ3n) is 1.38. The third kappa shape index (κ3) is 3.16. The van der Waals surface area contributed by atoms with Crippen LogP contribution in [0.15, 0.2) is 36.5 Å². The van der Waals surface area contributed by atoms with Gasteiger partial charge in [0.25, 0.3) is 0 Å². The number of amides is 1. The van der Waals surface area contributed by atoms with Gasteiger partial charge in [0.1, 0.15) is 6.04 Å². The quantitative estimate of drug-likeness (QED) is 0.597. The fourth-order valence-electron chi connectivity index (χ4n) is 0.670. The molecule has 12 heavy (non-hydrogen) atoms. The Morgan fingerprint density at radius 3 is 2.50 bits per heavy atom. The number of rotatable bonds is 4. The lowest BCUT2D eigenvalue weighted by Crippen LogP contribution is -2.37. The predicted octanol–water partition coefficient (Wildman–Crippen LogP) is 0.488. The van der Waals surface area contributed by atoms with Crippen LogP contribution in [0.4, 0.5) is 0 Å². The van der Waals surface area contributed by atoms with Crippen molar-refractivity contribution in [3.05, 3.63) is 36.5 Å². The molecule has 0 aromatic heterocycles. The molecule has 1 atom stereocenters. The van der Waals surface area contributed by atoms with E-state index < -0.39 is 11.9 Å². The van der Waals surface area contributed by atoms with E-state index in [9.17, 15) is 4.79 Å². The van der Waals surface area contributed by atoms with Crippen LogP contribution in [-0.2, 0) is 4.79 Å². The highest BCUT2D eigenvalue weighted by Gasteiger charge is 2.10. The molecule has 0 spiro atoms. The van der Waals surface area contributed by atoms with Crippen molar-refractivity contribution in [1.29, 1.82) is 0 Å². The highest BCUT2D eigenvalue weighted by molar-refractivity contribution is 5.83. The minimum atomic E-state index is -0.765. The molecule has 0 radical (unpaired) electrons. The van der Waals surface area contributed by atoms with Crippen LogP contribution in [0.1, 0.15) is 6.92 Å². The van der Waals surface area contributed by atoms with Crippen molar-refractivity contribution < 1.29 is 4.79 Å². The molecule has 0 fully saturated rings. The number of hydrogen-bond acceptors (Lipinski definition) is 2.